The molecule has 0 spiro atoms. The first-order chi connectivity index (χ1) is 14.3. The Morgan fingerprint density at radius 3 is 2.20 bits per heavy atom. The van der Waals surface area contributed by atoms with E-state index in [1.165, 1.54) is 22.0 Å². The van der Waals surface area contributed by atoms with Gasteiger partial charge in [0.2, 0.25) is 15.9 Å². The molecular formula is C22H28ClN3O3S. The van der Waals surface area contributed by atoms with Crippen LogP contribution in [0.2, 0.25) is 5.02 Å². The molecule has 0 aromatic heterocycles. The van der Waals surface area contributed by atoms with E-state index in [1.54, 1.807) is 12.1 Å². The summed E-state index contributed by atoms with van der Waals surface area (Å²) >= 11 is 5.86. The number of hydrogen-bond acceptors (Lipinski definition) is 4. The van der Waals surface area contributed by atoms with Crippen molar-refractivity contribution >= 4 is 27.5 Å². The van der Waals surface area contributed by atoms with Crippen LogP contribution < -0.4 is 5.32 Å². The van der Waals surface area contributed by atoms with Crippen molar-refractivity contribution in [2.75, 3.05) is 32.7 Å². The molecule has 0 aliphatic carbocycles. The van der Waals surface area contributed by atoms with Gasteiger partial charge in [-0.1, -0.05) is 48.9 Å². The van der Waals surface area contributed by atoms with Crippen molar-refractivity contribution in [3.05, 3.63) is 65.2 Å². The van der Waals surface area contributed by atoms with Gasteiger partial charge in [0.25, 0.3) is 0 Å². The molecule has 0 bridgehead atoms. The summed E-state index contributed by atoms with van der Waals surface area (Å²) in [5.41, 5.74) is 1.19. The minimum Gasteiger partial charge on any atom is -0.354 e. The Labute approximate surface area is 183 Å². The van der Waals surface area contributed by atoms with Gasteiger partial charge in [-0.25, -0.2) is 8.42 Å². The molecule has 2 atom stereocenters. The third kappa shape index (κ3) is 5.40. The number of piperazine rings is 1. The largest absolute Gasteiger partial charge is 0.354 e. The lowest BCUT2D eigenvalue weighted by atomic mass is 10.0. The van der Waals surface area contributed by atoms with Crippen molar-refractivity contribution in [1.82, 2.24) is 14.5 Å². The lowest BCUT2D eigenvalue weighted by molar-refractivity contribution is -0.126. The summed E-state index contributed by atoms with van der Waals surface area (Å²) in [6.07, 6.45) is 0. The van der Waals surface area contributed by atoms with Gasteiger partial charge < -0.3 is 5.32 Å². The highest BCUT2D eigenvalue weighted by atomic mass is 35.5. The van der Waals surface area contributed by atoms with Crippen LogP contribution in [0.4, 0.5) is 0 Å². The minimum atomic E-state index is -3.55. The average molecular weight is 450 g/mol. The van der Waals surface area contributed by atoms with E-state index in [4.69, 9.17) is 11.6 Å². The van der Waals surface area contributed by atoms with Gasteiger partial charge in [-0.2, -0.15) is 4.31 Å². The molecule has 0 saturated carbocycles. The van der Waals surface area contributed by atoms with Crippen LogP contribution in [0, 0.1) is 0 Å². The van der Waals surface area contributed by atoms with E-state index in [0.29, 0.717) is 37.7 Å². The van der Waals surface area contributed by atoms with E-state index in [2.05, 4.69) is 24.4 Å². The smallest absolute Gasteiger partial charge is 0.243 e. The molecule has 1 fully saturated rings. The van der Waals surface area contributed by atoms with Gasteiger partial charge in [-0.3, -0.25) is 9.69 Å². The summed E-state index contributed by atoms with van der Waals surface area (Å²) < 4.78 is 27.1. The molecule has 1 aliphatic heterocycles. The Balaban J connectivity index is 1.51. The normalized spacial score (nSPS) is 18.0. The molecule has 8 heteroatoms. The first kappa shape index (κ1) is 22.7. The first-order valence-electron chi connectivity index (χ1n) is 10.1. The fraction of sp³-hybridized carbons (Fsp3) is 0.409. The number of carbonyl (C=O) groups excluding carboxylic acids is 1. The highest BCUT2D eigenvalue weighted by Gasteiger charge is 2.31. The average Bonchev–Trinajstić information content (AvgIpc) is 2.77. The molecule has 1 heterocycles. The van der Waals surface area contributed by atoms with Gasteiger partial charge in [0.1, 0.15) is 0 Å². The number of sulfonamides is 1. The van der Waals surface area contributed by atoms with E-state index in [9.17, 15) is 13.2 Å². The lowest BCUT2D eigenvalue weighted by Crippen LogP contribution is -2.55. The van der Waals surface area contributed by atoms with Crippen LogP contribution in [0.3, 0.4) is 0 Å². The van der Waals surface area contributed by atoms with Crippen molar-refractivity contribution in [1.29, 1.82) is 0 Å². The Hall–Kier alpha value is -1.93. The molecule has 1 amide bonds. The predicted octanol–water partition coefficient (Wildman–Crippen LogP) is 2.95. The molecular weight excluding hydrogens is 422 g/mol. The first-order valence-corrected chi connectivity index (χ1v) is 11.9. The van der Waals surface area contributed by atoms with Crippen LogP contribution in [-0.2, 0) is 14.8 Å². The summed E-state index contributed by atoms with van der Waals surface area (Å²) in [5, 5.41) is 3.53. The molecule has 2 aromatic rings. The summed E-state index contributed by atoms with van der Waals surface area (Å²) in [5.74, 6) is 0.190. The predicted molar refractivity (Wildman–Crippen MR) is 119 cm³/mol. The lowest BCUT2D eigenvalue weighted by Gasteiger charge is -2.36. The highest BCUT2D eigenvalue weighted by Crippen LogP contribution is 2.20. The number of nitrogens with one attached hydrogen (secondary N) is 1. The molecule has 3 rings (SSSR count). The number of halogens is 1. The Morgan fingerprint density at radius 1 is 1.00 bits per heavy atom. The standard InChI is InChI=1S/C22H28ClN3O3S/c1-17(19-6-4-3-5-7-19)16-24-22(27)18(2)25-12-14-26(15-13-25)30(28,29)21-10-8-20(23)9-11-21/h3-11,17-18H,12-16H2,1-2H3,(H,24,27)/t17-,18+/m1/s1. The van der Waals surface area contributed by atoms with E-state index in [1.807, 2.05) is 30.0 Å². The van der Waals surface area contributed by atoms with Crippen LogP contribution in [0.15, 0.2) is 59.5 Å². The zero-order valence-electron chi connectivity index (χ0n) is 17.3. The Kier molecular flexibility index (Phi) is 7.52. The fourth-order valence-corrected chi connectivity index (χ4v) is 5.10. The van der Waals surface area contributed by atoms with E-state index in [-0.39, 0.29) is 22.8 Å². The Bertz CT molecular complexity index is 943. The van der Waals surface area contributed by atoms with E-state index in [0.717, 1.165) is 0 Å². The number of nitrogens with zero attached hydrogens (tertiary/aromatic N) is 2. The maximum absolute atomic E-state index is 12.8. The zero-order chi connectivity index (χ0) is 21.7. The highest BCUT2D eigenvalue weighted by molar-refractivity contribution is 7.89. The Morgan fingerprint density at radius 2 is 1.60 bits per heavy atom. The summed E-state index contributed by atoms with van der Waals surface area (Å²) in [4.78, 5) is 14.9. The van der Waals surface area contributed by atoms with Gasteiger partial charge in [-0.05, 0) is 42.7 Å². The zero-order valence-corrected chi connectivity index (χ0v) is 18.9. The molecule has 1 N–H and O–H groups in total. The maximum Gasteiger partial charge on any atom is 0.243 e. The molecule has 2 aromatic carbocycles. The second kappa shape index (κ2) is 9.92. The molecule has 1 saturated heterocycles. The van der Waals surface area contributed by atoms with Crippen LogP contribution in [0.25, 0.3) is 0 Å². The number of amides is 1. The van der Waals surface area contributed by atoms with Crippen LogP contribution in [0.5, 0.6) is 0 Å². The fourth-order valence-electron chi connectivity index (χ4n) is 3.55. The molecule has 1 aliphatic rings. The van der Waals surface area contributed by atoms with Crippen LogP contribution >= 0.6 is 11.6 Å². The van der Waals surface area contributed by atoms with Gasteiger partial charge in [-0.15, -0.1) is 0 Å². The molecule has 6 nitrogen and oxygen atoms in total. The number of rotatable bonds is 7. The minimum absolute atomic E-state index is 0.0354. The SMILES string of the molecule is C[C@H](CNC(=O)[C@H](C)N1CCN(S(=O)(=O)c2ccc(Cl)cc2)CC1)c1ccccc1. The van der Waals surface area contributed by atoms with Crippen molar-refractivity contribution in [2.24, 2.45) is 0 Å². The number of carbonyl (C=O) groups is 1. The summed E-state index contributed by atoms with van der Waals surface area (Å²) in [6, 6.07) is 16.0. The number of benzene rings is 2. The van der Waals surface area contributed by atoms with Gasteiger partial charge in [0.15, 0.2) is 0 Å². The van der Waals surface area contributed by atoms with Gasteiger partial charge >= 0.3 is 0 Å². The van der Waals surface area contributed by atoms with Gasteiger partial charge in [0, 0.05) is 37.7 Å². The summed E-state index contributed by atoms with van der Waals surface area (Å²) in [7, 11) is -3.55. The van der Waals surface area contributed by atoms with Crippen molar-refractivity contribution < 1.29 is 13.2 Å². The second-order valence-electron chi connectivity index (χ2n) is 7.63. The van der Waals surface area contributed by atoms with Gasteiger partial charge in [0.05, 0.1) is 10.9 Å². The number of hydrogen-bond donors (Lipinski definition) is 1. The summed E-state index contributed by atoms with van der Waals surface area (Å²) in [6.45, 7) is 6.24. The topological polar surface area (TPSA) is 69.7 Å². The quantitative estimate of drug-likeness (QED) is 0.705. The van der Waals surface area contributed by atoms with E-state index < -0.39 is 10.0 Å². The molecule has 30 heavy (non-hydrogen) atoms. The maximum atomic E-state index is 12.8. The van der Waals surface area contributed by atoms with Crippen LogP contribution in [0.1, 0.15) is 25.3 Å². The van der Waals surface area contributed by atoms with Crippen LogP contribution in [-0.4, -0.2) is 62.3 Å². The third-order valence-electron chi connectivity index (χ3n) is 5.60. The third-order valence-corrected chi connectivity index (χ3v) is 7.77. The monoisotopic (exact) mass is 449 g/mol. The van der Waals surface area contributed by atoms with Crippen molar-refractivity contribution in [2.45, 2.75) is 30.7 Å². The van der Waals surface area contributed by atoms with Crippen molar-refractivity contribution in [3.63, 3.8) is 0 Å². The molecule has 0 unspecified atom stereocenters. The molecule has 162 valence electrons. The van der Waals surface area contributed by atoms with Crippen molar-refractivity contribution in [3.8, 4) is 0 Å². The second-order valence-corrected chi connectivity index (χ2v) is 10.0. The molecule has 0 radical (unpaired) electrons. The van der Waals surface area contributed by atoms with E-state index >= 15 is 0 Å².